The van der Waals surface area contributed by atoms with Gasteiger partial charge in [0.1, 0.15) is 0 Å². The fourth-order valence-corrected chi connectivity index (χ4v) is 2.69. The Morgan fingerprint density at radius 3 is 3.00 bits per heavy atom. The quantitative estimate of drug-likeness (QED) is 0.829. The van der Waals surface area contributed by atoms with Crippen molar-refractivity contribution >= 4 is 0 Å². The van der Waals surface area contributed by atoms with Crippen molar-refractivity contribution < 1.29 is 0 Å². The molecule has 1 atom stereocenters. The van der Waals surface area contributed by atoms with Crippen molar-refractivity contribution in [1.29, 1.82) is 0 Å². The molecule has 0 aromatic carbocycles. The van der Waals surface area contributed by atoms with Crippen LogP contribution in [0, 0.1) is 0 Å². The second-order valence-electron chi connectivity index (χ2n) is 5.15. The molecule has 1 aliphatic heterocycles. The van der Waals surface area contributed by atoms with Gasteiger partial charge in [-0.05, 0) is 31.9 Å². The van der Waals surface area contributed by atoms with E-state index in [1.807, 2.05) is 6.20 Å². The molecule has 2 N–H and O–H groups in total. The lowest BCUT2D eigenvalue weighted by molar-refractivity contribution is 0.331. The maximum atomic E-state index is 6.27. The van der Waals surface area contributed by atoms with Gasteiger partial charge < -0.3 is 10.6 Å². The van der Waals surface area contributed by atoms with E-state index in [-0.39, 0.29) is 5.54 Å². The van der Waals surface area contributed by atoms with Crippen molar-refractivity contribution in [2.24, 2.45) is 5.73 Å². The smallest absolute Gasteiger partial charge is 0.0662 e. The van der Waals surface area contributed by atoms with Gasteiger partial charge >= 0.3 is 0 Å². The highest BCUT2D eigenvalue weighted by Gasteiger charge is 2.43. The van der Waals surface area contributed by atoms with Gasteiger partial charge in [-0.15, -0.1) is 0 Å². The SMILES string of the molecule is CCN1CCC(n2nccc2C2(N)CC2)C1. The van der Waals surface area contributed by atoms with Crippen molar-refractivity contribution in [1.82, 2.24) is 14.7 Å². The summed E-state index contributed by atoms with van der Waals surface area (Å²) in [4.78, 5) is 2.48. The average Bonchev–Trinajstić information content (AvgIpc) is 2.80. The fourth-order valence-electron chi connectivity index (χ4n) is 2.69. The minimum atomic E-state index is -0.0594. The Hall–Kier alpha value is -0.870. The van der Waals surface area contributed by atoms with Crippen LogP contribution in [0.2, 0.25) is 0 Å². The van der Waals surface area contributed by atoms with E-state index in [1.54, 1.807) is 0 Å². The normalized spacial score (nSPS) is 28.5. The molecule has 2 aliphatic rings. The molecule has 1 aromatic heterocycles. The first-order valence-electron chi connectivity index (χ1n) is 6.28. The van der Waals surface area contributed by atoms with E-state index in [1.165, 1.54) is 18.7 Å². The summed E-state index contributed by atoms with van der Waals surface area (Å²) in [5.41, 5.74) is 7.46. The Bertz CT molecular complexity index is 380. The summed E-state index contributed by atoms with van der Waals surface area (Å²) in [5, 5.41) is 4.48. The zero-order valence-electron chi connectivity index (χ0n) is 9.89. The van der Waals surface area contributed by atoms with E-state index in [4.69, 9.17) is 5.73 Å². The standard InChI is InChI=1S/C12H20N4/c1-2-15-8-4-10(9-15)16-11(3-7-14-16)12(13)5-6-12/h3,7,10H,2,4-6,8-9,13H2,1H3. The number of nitrogens with zero attached hydrogens (tertiary/aromatic N) is 3. The minimum Gasteiger partial charge on any atom is -0.320 e. The third-order valence-electron chi connectivity index (χ3n) is 4.01. The lowest BCUT2D eigenvalue weighted by Crippen LogP contribution is -2.27. The second kappa shape index (κ2) is 3.57. The monoisotopic (exact) mass is 220 g/mol. The average molecular weight is 220 g/mol. The van der Waals surface area contributed by atoms with Crippen LogP contribution in [0.1, 0.15) is 37.9 Å². The number of nitrogens with two attached hydrogens (primary N) is 1. The third kappa shape index (κ3) is 1.57. The Kier molecular flexibility index (Phi) is 2.30. The van der Waals surface area contributed by atoms with Crippen LogP contribution in [0.15, 0.2) is 12.3 Å². The largest absolute Gasteiger partial charge is 0.320 e. The lowest BCUT2D eigenvalue weighted by atomic mass is 10.1. The van der Waals surface area contributed by atoms with Gasteiger partial charge in [-0.3, -0.25) is 4.68 Å². The van der Waals surface area contributed by atoms with E-state index < -0.39 is 0 Å². The molecular weight excluding hydrogens is 200 g/mol. The van der Waals surface area contributed by atoms with Gasteiger partial charge in [-0.1, -0.05) is 6.92 Å². The van der Waals surface area contributed by atoms with E-state index in [9.17, 15) is 0 Å². The highest BCUT2D eigenvalue weighted by Crippen LogP contribution is 2.43. The first-order valence-corrected chi connectivity index (χ1v) is 6.28. The number of hydrogen-bond donors (Lipinski definition) is 1. The van der Waals surface area contributed by atoms with E-state index in [0.29, 0.717) is 6.04 Å². The topological polar surface area (TPSA) is 47.1 Å². The van der Waals surface area contributed by atoms with Crippen LogP contribution in [0.25, 0.3) is 0 Å². The predicted molar refractivity (Wildman–Crippen MR) is 63.1 cm³/mol. The van der Waals surface area contributed by atoms with Gasteiger partial charge in [-0.2, -0.15) is 5.10 Å². The van der Waals surface area contributed by atoms with Crippen molar-refractivity contribution in [3.05, 3.63) is 18.0 Å². The van der Waals surface area contributed by atoms with Crippen LogP contribution >= 0.6 is 0 Å². The van der Waals surface area contributed by atoms with Crippen molar-refractivity contribution in [3.63, 3.8) is 0 Å². The molecule has 0 bridgehead atoms. The van der Waals surface area contributed by atoms with Gasteiger partial charge in [0.05, 0.1) is 17.3 Å². The molecule has 1 aliphatic carbocycles. The molecule has 0 radical (unpaired) electrons. The zero-order valence-corrected chi connectivity index (χ0v) is 9.89. The molecule has 4 nitrogen and oxygen atoms in total. The number of likely N-dealkylation sites (tertiary alicyclic amines) is 1. The van der Waals surface area contributed by atoms with E-state index in [2.05, 4.69) is 27.7 Å². The molecule has 2 fully saturated rings. The molecule has 1 unspecified atom stereocenters. The van der Waals surface area contributed by atoms with E-state index >= 15 is 0 Å². The molecule has 4 heteroatoms. The maximum Gasteiger partial charge on any atom is 0.0662 e. The number of hydrogen-bond acceptors (Lipinski definition) is 3. The van der Waals surface area contributed by atoms with Gasteiger partial charge in [0.2, 0.25) is 0 Å². The molecule has 16 heavy (non-hydrogen) atoms. The molecule has 2 heterocycles. The molecule has 1 saturated heterocycles. The Morgan fingerprint density at radius 2 is 2.38 bits per heavy atom. The first-order chi connectivity index (χ1) is 7.73. The summed E-state index contributed by atoms with van der Waals surface area (Å²) < 4.78 is 2.18. The maximum absolute atomic E-state index is 6.27. The summed E-state index contributed by atoms with van der Waals surface area (Å²) in [6.45, 7) is 5.68. The second-order valence-corrected chi connectivity index (χ2v) is 5.15. The number of aromatic nitrogens is 2. The Morgan fingerprint density at radius 1 is 1.56 bits per heavy atom. The molecule has 1 saturated carbocycles. The molecule has 0 amide bonds. The molecule has 0 spiro atoms. The summed E-state index contributed by atoms with van der Waals surface area (Å²) in [7, 11) is 0. The summed E-state index contributed by atoms with van der Waals surface area (Å²) in [6.07, 6.45) is 5.33. The van der Waals surface area contributed by atoms with Crippen LogP contribution in [0.4, 0.5) is 0 Å². The van der Waals surface area contributed by atoms with Gasteiger partial charge in [-0.25, -0.2) is 0 Å². The number of likely N-dealkylation sites (N-methyl/N-ethyl adjacent to an activating group) is 1. The number of rotatable bonds is 3. The van der Waals surface area contributed by atoms with Crippen LogP contribution < -0.4 is 5.73 Å². The lowest BCUT2D eigenvalue weighted by Gasteiger charge is -2.18. The highest BCUT2D eigenvalue weighted by molar-refractivity contribution is 5.22. The van der Waals surface area contributed by atoms with Gasteiger partial charge in [0.25, 0.3) is 0 Å². The zero-order chi connectivity index (χ0) is 11.2. The third-order valence-corrected chi connectivity index (χ3v) is 4.01. The van der Waals surface area contributed by atoms with Crippen molar-refractivity contribution in [2.75, 3.05) is 19.6 Å². The van der Waals surface area contributed by atoms with Crippen molar-refractivity contribution in [3.8, 4) is 0 Å². The van der Waals surface area contributed by atoms with Crippen LogP contribution in [-0.2, 0) is 5.54 Å². The summed E-state index contributed by atoms with van der Waals surface area (Å²) in [5.74, 6) is 0. The van der Waals surface area contributed by atoms with Crippen LogP contribution in [-0.4, -0.2) is 34.3 Å². The van der Waals surface area contributed by atoms with Crippen molar-refractivity contribution in [2.45, 2.75) is 37.8 Å². The Balaban J connectivity index is 1.82. The highest BCUT2D eigenvalue weighted by atomic mass is 15.3. The minimum absolute atomic E-state index is 0.0594. The Labute approximate surface area is 96.4 Å². The summed E-state index contributed by atoms with van der Waals surface area (Å²) in [6, 6.07) is 2.63. The summed E-state index contributed by atoms with van der Waals surface area (Å²) >= 11 is 0. The molecule has 1 aromatic rings. The molecule has 88 valence electrons. The first kappa shape index (κ1) is 10.3. The molecular formula is C12H20N4. The predicted octanol–water partition coefficient (Wildman–Crippen LogP) is 1.10. The molecule has 3 rings (SSSR count). The van der Waals surface area contributed by atoms with Gasteiger partial charge in [0, 0.05) is 19.3 Å². The fraction of sp³-hybridized carbons (Fsp3) is 0.750. The van der Waals surface area contributed by atoms with Crippen LogP contribution in [0.3, 0.4) is 0 Å². The van der Waals surface area contributed by atoms with Gasteiger partial charge in [0.15, 0.2) is 0 Å². The van der Waals surface area contributed by atoms with Crippen LogP contribution in [0.5, 0.6) is 0 Å². The van der Waals surface area contributed by atoms with E-state index in [0.717, 1.165) is 25.9 Å².